The van der Waals surface area contributed by atoms with Gasteiger partial charge in [-0.05, 0) is 34.1 Å². The minimum Gasteiger partial charge on any atom is -0.481 e. The Hall–Kier alpha value is -1.27. The van der Waals surface area contributed by atoms with E-state index in [0.717, 1.165) is 3.79 Å². The Balaban J connectivity index is 2.07. The maximum atomic E-state index is 5.83. The van der Waals surface area contributed by atoms with E-state index in [2.05, 4.69) is 32.3 Å². The first-order valence-corrected chi connectivity index (χ1v) is 6.58. The Morgan fingerprint density at radius 1 is 1.41 bits per heavy atom. The van der Waals surface area contributed by atoms with Gasteiger partial charge >= 0.3 is 0 Å². The van der Waals surface area contributed by atoms with E-state index in [0.29, 0.717) is 23.9 Å². The summed E-state index contributed by atoms with van der Waals surface area (Å²) >= 11 is 5.10. The molecule has 0 spiro atoms. The standard InChI is InChI=1S/C11H12BrN3OS/c1-16-10-5-3-8(13)11(15-10)14-6-7-2-4-9(12)17-7/h2-5H,6,13H2,1H3,(H,14,15). The largest absolute Gasteiger partial charge is 0.481 e. The number of nitrogens with two attached hydrogens (primary N) is 1. The summed E-state index contributed by atoms with van der Waals surface area (Å²) in [6, 6.07) is 7.59. The van der Waals surface area contributed by atoms with Crippen LogP contribution in [0.15, 0.2) is 28.1 Å². The van der Waals surface area contributed by atoms with Crippen molar-refractivity contribution in [3.63, 3.8) is 0 Å². The van der Waals surface area contributed by atoms with Gasteiger partial charge in [0.1, 0.15) is 0 Å². The fourth-order valence-corrected chi connectivity index (χ4v) is 2.75. The molecule has 0 amide bonds. The first-order chi connectivity index (χ1) is 8.19. The Bertz CT molecular complexity index is 515. The Morgan fingerprint density at radius 3 is 2.88 bits per heavy atom. The number of pyridine rings is 1. The molecule has 0 bridgehead atoms. The highest BCUT2D eigenvalue weighted by Crippen LogP contribution is 2.24. The highest BCUT2D eigenvalue weighted by molar-refractivity contribution is 9.11. The fraction of sp³-hybridized carbons (Fsp3) is 0.182. The zero-order valence-electron chi connectivity index (χ0n) is 9.24. The third kappa shape index (κ3) is 3.10. The third-order valence-corrected chi connectivity index (χ3v) is 3.79. The van der Waals surface area contributed by atoms with E-state index in [1.54, 1.807) is 30.6 Å². The molecule has 2 aromatic rings. The van der Waals surface area contributed by atoms with Gasteiger partial charge in [-0.15, -0.1) is 11.3 Å². The molecule has 2 aromatic heterocycles. The smallest absolute Gasteiger partial charge is 0.215 e. The van der Waals surface area contributed by atoms with Gasteiger partial charge in [-0.1, -0.05) is 0 Å². The number of thiophene rings is 1. The van der Waals surface area contributed by atoms with E-state index >= 15 is 0 Å². The molecule has 0 aliphatic heterocycles. The summed E-state index contributed by atoms with van der Waals surface area (Å²) in [5, 5.41) is 3.19. The lowest BCUT2D eigenvalue weighted by molar-refractivity contribution is 0.398. The Labute approximate surface area is 112 Å². The molecule has 0 saturated heterocycles. The fourth-order valence-electron chi connectivity index (χ4n) is 1.32. The lowest BCUT2D eigenvalue weighted by atomic mass is 10.3. The van der Waals surface area contributed by atoms with Crippen molar-refractivity contribution in [1.29, 1.82) is 0 Å². The lowest BCUT2D eigenvalue weighted by Gasteiger charge is -2.08. The molecule has 4 nitrogen and oxygen atoms in total. The molecule has 0 aromatic carbocycles. The highest BCUT2D eigenvalue weighted by Gasteiger charge is 2.04. The first-order valence-electron chi connectivity index (χ1n) is 4.97. The van der Waals surface area contributed by atoms with Crippen LogP contribution in [-0.2, 0) is 6.54 Å². The monoisotopic (exact) mass is 313 g/mol. The number of hydrogen-bond acceptors (Lipinski definition) is 5. The van der Waals surface area contributed by atoms with Gasteiger partial charge in [0, 0.05) is 10.9 Å². The zero-order valence-corrected chi connectivity index (χ0v) is 11.6. The van der Waals surface area contributed by atoms with Crippen LogP contribution in [0, 0.1) is 0 Å². The van der Waals surface area contributed by atoms with Crippen LogP contribution >= 0.6 is 27.3 Å². The van der Waals surface area contributed by atoms with E-state index in [1.807, 2.05) is 6.07 Å². The van der Waals surface area contributed by atoms with Crippen molar-refractivity contribution in [1.82, 2.24) is 4.98 Å². The first kappa shape index (κ1) is 12.2. The SMILES string of the molecule is COc1ccc(N)c(NCc2ccc(Br)s2)n1. The molecule has 3 N–H and O–H groups in total. The predicted octanol–water partition coefficient (Wildman–Crippen LogP) is 3.11. The minimum atomic E-state index is 0.550. The van der Waals surface area contributed by atoms with Crippen molar-refractivity contribution in [2.24, 2.45) is 0 Å². The van der Waals surface area contributed by atoms with Gasteiger partial charge in [0.05, 0.1) is 23.1 Å². The van der Waals surface area contributed by atoms with Gasteiger partial charge in [0.2, 0.25) is 5.88 Å². The average Bonchev–Trinajstić information content (AvgIpc) is 2.74. The van der Waals surface area contributed by atoms with Crippen LogP contribution < -0.4 is 15.8 Å². The molecular formula is C11H12BrN3OS. The second-order valence-corrected chi connectivity index (χ2v) is 5.90. The summed E-state index contributed by atoms with van der Waals surface area (Å²) in [5.41, 5.74) is 6.44. The summed E-state index contributed by atoms with van der Waals surface area (Å²) in [6.45, 7) is 0.695. The zero-order chi connectivity index (χ0) is 12.3. The molecule has 17 heavy (non-hydrogen) atoms. The van der Waals surface area contributed by atoms with Crippen LogP contribution in [0.4, 0.5) is 11.5 Å². The van der Waals surface area contributed by atoms with Crippen molar-refractivity contribution in [2.45, 2.75) is 6.54 Å². The van der Waals surface area contributed by atoms with Crippen LogP contribution in [-0.4, -0.2) is 12.1 Å². The number of aromatic nitrogens is 1. The van der Waals surface area contributed by atoms with Crippen LogP contribution in [0.2, 0.25) is 0 Å². The van der Waals surface area contributed by atoms with Crippen LogP contribution in [0.5, 0.6) is 5.88 Å². The number of halogens is 1. The van der Waals surface area contributed by atoms with Gasteiger partial charge in [-0.25, -0.2) is 0 Å². The molecule has 0 aliphatic rings. The summed E-state index contributed by atoms with van der Waals surface area (Å²) in [7, 11) is 1.58. The maximum Gasteiger partial charge on any atom is 0.215 e. The van der Waals surface area contributed by atoms with Crippen molar-refractivity contribution < 1.29 is 4.74 Å². The number of rotatable bonds is 4. The molecule has 6 heteroatoms. The Kier molecular flexibility index (Phi) is 3.86. The van der Waals surface area contributed by atoms with Gasteiger partial charge in [-0.2, -0.15) is 4.98 Å². The topological polar surface area (TPSA) is 60.2 Å². The summed E-state index contributed by atoms with van der Waals surface area (Å²) in [5.74, 6) is 1.20. The predicted molar refractivity (Wildman–Crippen MR) is 74.5 cm³/mol. The van der Waals surface area contributed by atoms with E-state index in [-0.39, 0.29) is 0 Å². The number of ether oxygens (including phenoxy) is 1. The van der Waals surface area contributed by atoms with Crippen molar-refractivity contribution in [2.75, 3.05) is 18.2 Å². The second kappa shape index (κ2) is 5.37. The number of anilines is 2. The summed E-state index contributed by atoms with van der Waals surface area (Å²) in [4.78, 5) is 5.46. The molecule has 90 valence electrons. The van der Waals surface area contributed by atoms with E-state index in [1.165, 1.54) is 4.88 Å². The van der Waals surface area contributed by atoms with E-state index in [4.69, 9.17) is 10.5 Å². The molecule has 2 heterocycles. The van der Waals surface area contributed by atoms with Crippen LogP contribution in [0.1, 0.15) is 4.88 Å². The molecule has 0 radical (unpaired) electrons. The highest BCUT2D eigenvalue weighted by atomic mass is 79.9. The molecular weight excluding hydrogens is 302 g/mol. The molecule has 0 fully saturated rings. The molecule has 0 aliphatic carbocycles. The van der Waals surface area contributed by atoms with Gasteiger partial charge in [0.15, 0.2) is 5.82 Å². The van der Waals surface area contributed by atoms with Crippen molar-refractivity contribution in [3.05, 3.63) is 32.9 Å². The summed E-state index contributed by atoms with van der Waals surface area (Å²) in [6.07, 6.45) is 0. The number of nitrogen functional groups attached to an aromatic ring is 1. The normalized spacial score (nSPS) is 10.2. The van der Waals surface area contributed by atoms with Gasteiger partial charge < -0.3 is 15.8 Å². The van der Waals surface area contributed by atoms with Crippen molar-refractivity contribution in [3.8, 4) is 5.88 Å². The number of nitrogens with one attached hydrogen (secondary N) is 1. The molecule has 0 unspecified atom stereocenters. The quantitative estimate of drug-likeness (QED) is 0.910. The van der Waals surface area contributed by atoms with Gasteiger partial charge in [0.25, 0.3) is 0 Å². The van der Waals surface area contributed by atoms with Crippen LogP contribution in [0.25, 0.3) is 0 Å². The molecule has 0 atom stereocenters. The van der Waals surface area contributed by atoms with Crippen molar-refractivity contribution >= 4 is 38.8 Å². The maximum absolute atomic E-state index is 5.83. The Morgan fingerprint density at radius 2 is 2.24 bits per heavy atom. The molecule has 0 saturated carbocycles. The number of nitrogens with zero attached hydrogens (tertiary/aromatic N) is 1. The number of methoxy groups -OCH3 is 1. The second-order valence-electron chi connectivity index (χ2n) is 3.35. The summed E-state index contributed by atoms with van der Waals surface area (Å²) < 4.78 is 6.17. The van der Waals surface area contributed by atoms with Crippen LogP contribution in [0.3, 0.4) is 0 Å². The third-order valence-electron chi connectivity index (χ3n) is 2.17. The number of hydrogen-bond donors (Lipinski definition) is 2. The van der Waals surface area contributed by atoms with E-state index < -0.39 is 0 Å². The lowest BCUT2D eigenvalue weighted by Crippen LogP contribution is -2.04. The minimum absolute atomic E-state index is 0.550. The molecule has 2 rings (SSSR count). The van der Waals surface area contributed by atoms with Gasteiger partial charge in [-0.3, -0.25) is 0 Å². The average molecular weight is 314 g/mol. The van der Waals surface area contributed by atoms with E-state index in [9.17, 15) is 0 Å².